The number of hydrogen-bond donors (Lipinski definition) is 0. The molecule has 0 saturated heterocycles. The van der Waals surface area contributed by atoms with Gasteiger partial charge in [-0.15, -0.1) is 0 Å². The van der Waals surface area contributed by atoms with Crippen molar-refractivity contribution in [2.75, 3.05) is 0 Å². The summed E-state index contributed by atoms with van der Waals surface area (Å²) in [6.45, 7) is 2.36. The smallest absolute Gasteiger partial charge is 0.151 e. The van der Waals surface area contributed by atoms with E-state index in [9.17, 15) is 17.6 Å². The Hall–Kier alpha value is -3.65. The Morgan fingerprint density at radius 1 is 0.805 bits per heavy atom. The number of hydrogen-bond acceptors (Lipinski definition) is 3. The molecular formula is C33H29F4N3S. The van der Waals surface area contributed by atoms with Crippen molar-refractivity contribution in [3.05, 3.63) is 102 Å². The van der Waals surface area contributed by atoms with Crippen molar-refractivity contribution in [2.45, 2.75) is 61.9 Å². The minimum Gasteiger partial charge on any atom is -0.241 e. The van der Waals surface area contributed by atoms with Crippen LogP contribution in [0.3, 0.4) is 0 Å². The second kappa shape index (κ2) is 11.3. The Morgan fingerprint density at radius 3 is 2.27 bits per heavy atom. The molecule has 41 heavy (non-hydrogen) atoms. The molecule has 8 heteroatoms. The predicted octanol–water partition coefficient (Wildman–Crippen LogP) is 9.70. The zero-order valence-corrected chi connectivity index (χ0v) is 23.5. The highest BCUT2D eigenvalue weighted by atomic mass is 32.2. The molecule has 3 aromatic carbocycles. The zero-order chi connectivity index (χ0) is 28.6. The number of nitrogens with zero attached hydrogens (tertiary/aromatic N) is 3. The molecule has 0 radical (unpaired) electrons. The lowest BCUT2D eigenvalue weighted by Gasteiger charge is -2.28. The maximum atomic E-state index is 14.9. The van der Waals surface area contributed by atoms with E-state index in [4.69, 9.17) is 5.10 Å². The van der Waals surface area contributed by atoms with E-state index in [0.717, 1.165) is 23.9 Å². The van der Waals surface area contributed by atoms with Gasteiger partial charge in [-0.2, -0.15) is 5.10 Å². The van der Waals surface area contributed by atoms with Crippen LogP contribution in [0.5, 0.6) is 0 Å². The van der Waals surface area contributed by atoms with Crippen LogP contribution in [0.25, 0.3) is 27.8 Å². The predicted molar refractivity (Wildman–Crippen MR) is 154 cm³/mol. The fourth-order valence-corrected chi connectivity index (χ4v) is 6.71. The summed E-state index contributed by atoms with van der Waals surface area (Å²) in [5.74, 6) is -2.73. The highest BCUT2D eigenvalue weighted by Crippen LogP contribution is 2.40. The highest BCUT2D eigenvalue weighted by molar-refractivity contribution is 7.99. The van der Waals surface area contributed by atoms with Crippen LogP contribution in [-0.4, -0.2) is 14.8 Å². The van der Waals surface area contributed by atoms with Crippen LogP contribution < -0.4 is 0 Å². The van der Waals surface area contributed by atoms with E-state index in [1.165, 1.54) is 84.8 Å². The first-order valence-corrected chi connectivity index (χ1v) is 14.7. The third-order valence-electron chi connectivity index (χ3n) is 7.92. The number of benzene rings is 3. The molecule has 1 aliphatic carbocycles. The summed E-state index contributed by atoms with van der Waals surface area (Å²) in [6, 6.07) is 18.2. The molecular weight excluding hydrogens is 546 g/mol. The van der Waals surface area contributed by atoms with Gasteiger partial charge in [0.05, 0.1) is 11.2 Å². The number of rotatable bonds is 6. The Balaban J connectivity index is 1.42. The summed E-state index contributed by atoms with van der Waals surface area (Å²) >= 11 is 1.28. The van der Waals surface area contributed by atoms with E-state index in [1.807, 2.05) is 6.07 Å². The fourth-order valence-electron chi connectivity index (χ4n) is 5.83. The summed E-state index contributed by atoms with van der Waals surface area (Å²) in [5, 5.41) is 6.73. The van der Waals surface area contributed by atoms with Crippen LogP contribution in [0.2, 0.25) is 0 Å². The van der Waals surface area contributed by atoms with Crippen LogP contribution in [0.1, 0.15) is 51.0 Å². The van der Waals surface area contributed by atoms with Crippen molar-refractivity contribution in [3.63, 3.8) is 0 Å². The van der Waals surface area contributed by atoms with Crippen LogP contribution in [0, 0.1) is 28.7 Å². The molecule has 5 aromatic rings. The van der Waals surface area contributed by atoms with Crippen molar-refractivity contribution in [2.24, 2.45) is 5.41 Å². The van der Waals surface area contributed by atoms with Gasteiger partial charge in [0.1, 0.15) is 33.2 Å². The summed E-state index contributed by atoms with van der Waals surface area (Å²) in [4.78, 5) is 4.61. The minimum atomic E-state index is -0.715. The summed E-state index contributed by atoms with van der Waals surface area (Å²) in [7, 11) is 0. The van der Waals surface area contributed by atoms with Crippen LogP contribution in [0.15, 0.2) is 82.8 Å². The van der Waals surface area contributed by atoms with Crippen molar-refractivity contribution in [1.29, 1.82) is 0 Å². The van der Waals surface area contributed by atoms with E-state index in [1.54, 1.807) is 18.2 Å². The van der Waals surface area contributed by atoms with Crippen LogP contribution in [0.4, 0.5) is 17.6 Å². The van der Waals surface area contributed by atoms with Gasteiger partial charge in [0, 0.05) is 23.1 Å². The SMILES string of the molecule is CC1(Cc2ccc3c(c2)c(Sc2cccc(-c4ccc(F)cc4F)n2)nn3-c2ccc(F)cc2F)CCCCCC1. The molecule has 210 valence electrons. The maximum Gasteiger partial charge on any atom is 0.151 e. The van der Waals surface area contributed by atoms with Gasteiger partial charge < -0.3 is 0 Å². The Kier molecular flexibility index (Phi) is 7.60. The van der Waals surface area contributed by atoms with Gasteiger partial charge in [-0.05, 0) is 90.5 Å². The average Bonchev–Trinajstić information content (AvgIpc) is 3.12. The third-order valence-corrected chi connectivity index (χ3v) is 8.85. The lowest BCUT2D eigenvalue weighted by Crippen LogP contribution is -2.18. The molecule has 0 bridgehead atoms. The van der Waals surface area contributed by atoms with Crippen molar-refractivity contribution >= 4 is 22.7 Å². The lowest BCUT2D eigenvalue weighted by molar-refractivity contribution is 0.275. The molecule has 3 nitrogen and oxygen atoms in total. The van der Waals surface area contributed by atoms with Gasteiger partial charge >= 0.3 is 0 Å². The second-order valence-corrected chi connectivity index (χ2v) is 12.2. The van der Waals surface area contributed by atoms with E-state index in [0.29, 0.717) is 21.3 Å². The van der Waals surface area contributed by atoms with E-state index >= 15 is 0 Å². The Bertz CT molecular complexity index is 1720. The standard InChI is InChI=1S/C33H29F4N3S/c1-33(15-4-2-3-5-16-33)20-21-9-13-29-25(17-21)32(39-40(29)30-14-11-23(35)19-27(30)37)41-31-8-6-7-28(38-31)24-12-10-22(34)18-26(24)36/h6-14,17-19H,2-5,15-16,20H2,1H3. The van der Waals surface area contributed by atoms with Gasteiger partial charge in [-0.3, -0.25) is 0 Å². The first-order valence-electron chi connectivity index (χ1n) is 13.9. The van der Waals surface area contributed by atoms with Gasteiger partial charge in [-0.25, -0.2) is 27.2 Å². The Morgan fingerprint density at radius 2 is 1.54 bits per heavy atom. The highest BCUT2D eigenvalue weighted by Gasteiger charge is 2.26. The molecule has 0 unspecified atom stereocenters. The monoisotopic (exact) mass is 575 g/mol. The van der Waals surface area contributed by atoms with E-state index < -0.39 is 23.3 Å². The average molecular weight is 576 g/mol. The molecule has 2 heterocycles. The molecule has 1 saturated carbocycles. The van der Waals surface area contributed by atoms with Crippen LogP contribution >= 0.6 is 11.8 Å². The minimum absolute atomic E-state index is 0.141. The van der Waals surface area contributed by atoms with Gasteiger partial charge in [-0.1, -0.05) is 44.7 Å². The molecule has 0 N–H and O–H groups in total. The number of halogens is 4. The first kappa shape index (κ1) is 27.5. The maximum absolute atomic E-state index is 14.9. The third kappa shape index (κ3) is 5.89. The summed E-state index contributed by atoms with van der Waals surface area (Å²) < 4.78 is 58.1. The second-order valence-electron chi connectivity index (χ2n) is 11.2. The summed E-state index contributed by atoms with van der Waals surface area (Å²) in [6.07, 6.45) is 8.32. The lowest BCUT2D eigenvalue weighted by atomic mass is 9.77. The topological polar surface area (TPSA) is 30.7 Å². The summed E-state index contributed by atoms with van der Waals surface area (Å²) in [5.41, 5.74) is 2.78. The number of aromatic nitrogens is 3. The molecule has 0 atom stereocenters. The van der Waals surface area contributed by atoms with Gasteiger partial charge in [0.2, 0.25) is 0 Å². The molecule has 0 amide bonds. The quantitative estimate of drug-likeness (QED) is 0.149. The normalized spacial score (nSPS) is 15.2. The molecule has 2 aromatic heterocycles. The molecule has 6 rings (SSSR count). The number of fused-ring (bicyclic) bond motifs is 1. The van der Waals surface area contributed by atoms with Crippen molar-refractivity contribution < 1.29 is 17.6 Å². The van der Waals surface area contributed by atoms with E-state index in [-0.39, 0.29) is 16.7 Å². The molecule has 0 aliphatic heterocycles. The Labute approximate surface area is 240 Å². The molecule has 1 fully saturated rings. The first-order chi connectivity index (χ1) is 19.8. The van der Waals surface area contributed by atoms with Gasteiger partial charge in [0.15, 0.2) is 5.82 Å². The zero-order valence-electron chi connectivity index (χ0n) is 22.6. The van der Waals surface area contributed by atoms with E-state index in [2.05, 4.69) is 24.0 Å². The largest absolute Gasteiger partial charge is 0.241 e. The molecule has 1 aliphatic rings. The van der Waals surface area contributed by atoms with Crippen molar-refractivity contribution in [1.82, 2.24) is 14.8 Å². The van der Waals surface area contributed by atoms with Gasteiger partial charge in [0.25, 0.3) is 0 Å². The number of pyridine rings is 1. The molecule has 0 spiro atoms. The van der Waals surface area contributed by atoms with Crippen LogP contribution in [-0.2, 0) is 6.42 Å². The fraction of sp³-hybridized carbons (Fsp3) is 0.273. The van der Waals surface area contributed by atoms with Crippen molar-refractivity contribution in [3.8, 4) is 16.9 Å².